The lowest BCUT2D eigenvalue weighted by Crippen LogP contribution is -2.40. The number of sulfonamides is 1. The molecule has 0 radical (unpaired) electrons. The Balaban J connectivity index is 2.60. The molecule has 21 heavy (non-hydrogen) atoms. The number of rotatable bonds is 4. The number of carboxylic acid groups (broad SMARTS) is 1. The number of nitro benzene ring substituents is 1. The molecule has 0 bridgehead atoms. The maximum Gasteiger partial charge on any atom is 0.322 e. The second-order valence-electron chi connectivity index (χ2n) is 4.46. The van der Waals surface area contributed by atoms with Gasteiger partial charge in [0.1, 0.15) is 11.9 Å². The highest BCUT2D eigenvalue weighted by molar-refractivity contribution is 7.89. The number of carboxylic acids is 1. The molecule has 1 aromatic rings. The highest BCUT2D eigenvalue weighted by atomic mass is 32.2. The standard InChI is InChI=1S/C11H11FN2O6S/c12-7-3-1-4-8(14(17)18)10(7)21(19,20)13-6-2-5-9(13)11(15)16/h1,3-4,9H,2,5-6H2,(H,15,16). The van der Waals surface area contributed by atoms with Crippen molar-refractivity contribution < 1.29 is 27.6 Å². The first-order valence-corrected chi connectivity index (χ1v) is 7.38. The van der Waals surface area contributed by atoms with Crippen LogP contribution in [0.4, 0.5) is 10.1 Å². The molecule has 1 fully saturated rings. The van der Waals surface area contributed by atoms with Crippen LogP contribution in [0.15, 0.2) is 23.1 Å². The Labute approximate surface area is 119 Å². The van der Waals surface area contributed by atoms with Gasteiger partial charge in [-0.1, -0.05) is 6.07 Å². The third-order valence-electron chi connectivity index (χ3n) is 3.20. The first kappa shape index (κ1) is 15.3. The minimum Gasteiger partial charge on any atom is -0.480 e. The minimum atomic E-state index is -4.60. The minimum absolute atomic E-state index is 0.0802. The monoisotopic (exact) mass is 318 g/mol. The quantitative estimate of drug-likeness (QED) is 0.653. The average Bonchev–Trinajstić information content (AvgIpc) is 2.88. The highest BCUT2D eigenvalue weighted by Gasteiger charge is 2.43. The zero-order valence-corrected chi connectivity index (χ0v) is 11.4. The van der Waals surface area contributed by atoms with Crippen LogP contribution in [0.5, 0.6) is 0 Å². The molecular formula is C11H11FN2O6S. The van der Waals surface area contributed by atoms with Gasteiger partial charge in [0.2, 0.25) is 0 Å². The Morgan fingerprint density at radius 1 is 1.48 bits per heavy atom. The summed E-state index contributed by atoms with van der Waals surface area (Å²) < 4.78 is 39.3. The summed E-state index contributed by atoms with van der Waals surface area (Å²) >= 11 is 0. The maximum atomic E-state index is 13.8. The lowest BCUT2D eigenvalue weighted by molar-refractivity contribution is -0.388. The van der Waals surface area contributed by atoms with Gasteiger partial charge in [0.25, 0.3) is 15.7 Å². The molecule has 114 valence electrons. The van der Waals surface area contributed by atoms with Crippen molar-refractivity contribution >= 4 is 21.7 Å². The highest BCUT2D eigenvalue weighted by Crippen LogP contribution is 2.33. The maximum absolute atomic E-state index is 13.8. The molecule has 0 saturated carbocycles. The molecule has 10 heteroatoms. The van der Waals surface area contributed by atoms with Crippen LogP contribution >= 0.6 is 0 Å². The first-order chi connectivity index (χ1) is 9.76. The summed E-state index contributed by atoms with van der Waals surface area (Å²) in [4.78, 5) is 19.8. The molecule has 1 unspecified atom stereocenters. The van der Waals surface area contributed by atoms with Gasteiger partial charge >= 0.3 is 5.97 Å². The molecule has 2 rings (SSSR count). The van der Waals surface area contributed by atoms with Gasteiger partial charge in [0.15, 0.2) is 4.90 Å². The fourth-order valence-corrected chi connectivity index (χ4v) is 4.14. The van der Waals surface area contributed by atoms with E-state index in [9.17, 15) is 27.7 Å². The summed E-state index contributed by atoms with van der Waals surface area (Å²) in [6.45, 7) is -0.120. The van der Waals surface area contributed by atoms with E-state index in [1.165, 1.54) is 0 Å². The van der Waals surface area contributed by atoms with Gasteiger partial charge in [-0.15, -0.1) is 0 Å². The number of nitrogens with zero attached hydrogens (tertiary/aromatic N) is 2. The number of carbonyl (C=O) groups is 1. The van der Waals surface area contributed by atoms with Crippen LogP contribution < -0.4 is 0 Å². The smallest absolute Gasteiger partial charge is 0.322 e. The van der Waals surface area contributed by atoms with Crippen molar-refractivity contribution in [2.75, 3.05) is 6.54 Å². The van der Waals surface area contributed by atoms with Crippen molar-refractivity contribution in [1.82, 2.24) is 4.31 Å². The molecule has 0 amide bonds. The second-order valence-corrected chi connectivity index (χ2v) is 6.28. The van der Waals surface area contributed by atoms with Gasteiger partial charge in [-0.05, 0) is 18.9 Å². The molecule has 1 N–H and O–H groups in total. The van der Waals surface area contributed by atoms with Crippen LogP contribution in [0.25, 0.3) is 0 Å². The van der Waals surface area contributed by atoms with Crippen molar-refractivity contribution in [3.63, 3.8) is 0 Å². The molecular weight excluding hydrogens is 307 g/mol. The topological polar surface area (TPSA) is 118 Å². The van der Waals surface area contributed by atoms with E-state index in [1.807, 2.05) is 0 Å². The van der Waals surface area contributed by atoms with Gasteiger partial charge in [-0.2, -0.15) is 4.31 Å². The summed E-state index contributed by atoms with van der Waals surface area (Å²) in [6.07, 6.45) is 0.370. The predicted molar refractivity (Wildman–Crippen MR) is 67.6 cm³/mol. The van der Waals surface area contributed by atoms with Crippen LogP contribution in [0.1, 0.15) is 12.8 Å². The number of benzene rings is 1. The summed E-state index contributed by atoms with van der Waals surface area (Å²) in [5, 5.41) is 19.9. The Morgan fingerprint density at radius 2 is 2.14 bits per heavy atom. The van der Waals surface area contributed by atoms with Crippen molar-refractivity contribution in [1.29, 1.82) is 0 Å². The molecule has 1 aromatic carbocycles. The number of hydrogen-bond donors (Lipinski definition) is 1. The largest absolute Gasteiger partial charge is 0.480 e. The van der Waals surface area contributed by atoms with Crippen molar-refractivity contribution in [2.24, 2.45) is 0 Å². The Hall–Kier alpha value is -2.07. The summed E-state index contributed by atoms with van der Waals surface area (Å²) in [6, 6.07) is 1.33. The SMILES string of the molecule is O=C(O)C1CCCN1S(=O)(=O)c1c(F)cccc1[N+](=O)[O-]. The molecule has 1 aliphatic heterocycles. The molecule has 8 nitrogen and oxygen atoms in total. The Bertz CT molecular complexity index is 705. The fourth-order valence-electron chi connectivity index (χ4n) is 2.29. The van der Waals surface area contributed by atoms with Crippen molar-refractivity contribution in [3.8, 4) is 0 Å². The average molecular weight is 318 g/mol. The third-order valence-corrected chi connectivity index (χ3v) is 5.17. The van der Waals surface area contributed by atoms with Crippen LogP contribution in [0.2, 0.25) is 0 Å². The molecule has 0 aliphatic carbocycles. The molecule has 1 atom stereocenters. The van der Waals surface area contributed by atoms with E-state index in [2.05, 4.69) is 0 Å². The summed E-state index contributed by atoms with van der Waals surface area (Å²) in [5.74, 6) is -2.64. The Morgan fingerprint density at radius 3 is 2.71 bits per heavy atom. The first-order valence-electron chi connectivity index (χ1n) is 5.94. The van der Waals surface area contributed by atoms with Crippen LogP contribution in [-0.4, -0.2) is 41.3 Å². The summed E-state index contributed by atoms with van der Waals surface area (Å²) in [7, 11) is -4.60. The predicted octanol–water partition coefficient (Wildman–Crippen LogP) is 0.972. The zero-order valence-electron chi connectivity index (χ0n) is 10.6. The fraction of sp³-hybridized carbons (Fsp3) is 0.364. The molecule has 1 aliphatic rings. The van der Waals surface area contributed by atoms with E-state index < -0.39 is 43.4 Å². The van der Waals surface area contributed by atoms with Gasteiger partial charge in [-0.3, -0.25) is 14.9 Å². The van der Waals surface area contributed by atoms with Gasteiger partial charge < -0.3 is 5.11 Å². The molecule has 1 saturated heterocycles. The Kier molecular flexibility index (Phi) is 3.92. The van der Waals surface area contributed by atoms with Gasteiger partial charge in [-0.25, -0.2) is 12.8 Å². The number of nitro groups is 1. The van der Waals surface area contributed by atoms with Gasteiger partial charge in [0, 0.05) is 12.6 Å². The van der Waals surface area contributed by atoms with E-state index in [0.29, 0.717) is 10.7 Å². The number of aliphatic carboxylic acids is 1. The van der Waals surface area contributed by atoms with E-state index in [1.54, 1.807) is 0 Å². The van der Waals surface area contributed by atoms with E-state index in [0.717, 1.165) is 18.2 Å². The molecule has 0 aromatic heterocycles. The lowest BCUT2D eigenvalue weighted by Gasteiger charge is -2.20. The lowest BCUT2D eigenvalue weighted by atomic mass is 10.2. The summed E-state index contributed by atoms with van der Waals surface area (Å²) in [5.41, 5.74) is -0.911. The van der Waals surface area contributed by atoms with E-state index >= 15 is 0 Å². The van der Waals surface area contributed by atoms with Crippen molar-refractivity contribution in [2.45, 2.75) is 23.8 Å². The number of hydrogen-bond acceptors (Lipinski definition) is 5. The molecule has 1 heterocycles. The normalized spacial score (nSPS) is 19.6. The second kappa shape index (κ2) is 5.37. The third kappa shape index (κ3) is 2.59. The van der Waals surface area contributed by atoms with Crippen LogP contribution in [0, 0.1) is 15.9 Å². The van der Waals surface area contributed by atoms with Gasteiger partial charge in [0.05, 0.1) is 4.92 Å². The van der Waals surface area contributed by atoms with Crippen LogP contribution in [-0.2, 0) is 14.8 Å². The number of halogens is 1. The van der Waals surface area contributed by atoms with Crippen LogP contribution in [0.3, 0.4) is 0 Å². The van der Waals surface area contributed by atoms with E-state index in [-0.39, 0.29) is 13.0 Å². The zero-order chi connectivity index (χ0) is 15.8. The van der Waals surface area contributed by atoms with Crippen molar-refractivity contribution in [3.05, 3.63) is 34.1 Å². The van der Waals surface area contributed by atoms with E-state index in [4.69, 9.17) is 5.11 Å². The molecule has 0 spiro atoms.